The second-order valence-electron chi connectivity index (χ2n) is 13.6. The van der Waals surface area contributed by atoms with Crippen molar-refractivity contribution in [3.05, 3.63) is 184 Å². The van der Waals surface area contributed by atoms with E-state index in [2.05, 4.69) is 116 Å². The zero-order valence-electron chi connectivity index (χ0n) is 26.9. The lowest BCUT2D eigenvalue weighted by atomic mass is 9.71. The third-order valence-corrected chi connectivity index (χ3v) is 10.5. The molecule has 3 aliphatic rings. The van der Waals surface area contributed by atoms with Crippen molar-refractivity contribution in [1.29, 1.82) is 0 Å². The van der Waals surface area contributed by atoms with Gasteiger partial charge in [0.15, 0.2) is 11.6 Å². The monoisotopic (exact) mass is 619 g/mol. The van der Waals surface area contributed by atoms with Gasteiger partial charge in [-0.05, 0) is 92.7 Å². The van der Waals surface area contributed by atoms with Crippen LogP contribution in [0.2, 0.25) is 0 Å². The molecule has 1 atom stereocenters. The van der Waals surface area contributed by atoms with E-state index in [9.17, 15) is 9.59 Å². The van der Waals surface area contributed by atoms with Crippen molar-refractivity contribution in [2.24, 2.45) is 0 Å². The number of anilines is 2. The van der Waals surface area contributed by atoms with E-state index in [1.54, 1.807) is 6.08 Å². The molecule has 1 aliphatic heterocycles. The van der Waals surface area contributed by atoms with Crippen LogP contribution in [-0.4, -0.2) is 11.6 Å². The first-order chi connectivity index (χ1) is 23.4. The predicted molar refractivity (Wildman–Crippen MR) is 196 cm³/mol. The molecular weight excluding hydrogens is 587 g/mol. The fourth-order valence-corrected chi connectivity index (χ4v) is 8.16. The molecule has 2 aliphatic carbocycles. The molecule has 6 aromatic rings. The molecule has 0 saturated heterocycles. The molecular formula is C45H33NO2. The van der Waals surface area contributed by atoms with Crippen molar-refractivity contribution in [2.75, 3.05) is 4.90 Å². The van der Waals surface area contributed by atoms with Crippen LogP contribution in [0, 0.1) is 0 Å². The zero-order chi connectivity index (χ0) is 32.6. The molecule has 48 heavy (non-hydrogen) atoms. The third kappa shape index (κ3) is 4.21. The molecule has 0 spiro atoms. The minimum absolute atomic E-state index is 0.206. The van der Waals surface area contributed by atoms with Gasteiger partial charge in [0.1, 0.15) is 0 Å². The largest absolute Gasteiger partial charge is 0.313 e. The second kappa shape index (κ2) is 10.6. The standard InChI is InChI=1S/C45H33NO2/c1-45(2)38-17-9-11-19-40(38)46(39-18-10-8-16-33(39)29-12-4-3-5-13-29)41-23-21-32-24-28(20-22-34(32)42(41)45)25-37-43(47)35-26-30-14-6-7-15-31(30)27-36(35)44(37)48/h3-15,17-27,33H,16H2,1-2H3. The van der Waals surface area contributed by atoms with E-state index in [0.717, 1.165) is 28.1 Å². The van der Waals surface area contributed by atoms with Gasteiger partial charge in [-0.25, -0.2) is 0 Å². The number of allylic oxidation sites excluding steroid dienone is 5. The Balaban J connectivity index is 1.18. The number of hydrogen-bond acceptors (Lipinski definition) is 3. The van der Waals surface area contributed by atoms with E-state index in [-0.39, 0.29) is 28.5 Å². The lowest BCUT2D eigenvalue weighted by Gasteiger charge is -2.45. The number of benzene rings is 6. The topological polar surface area (TPSA) is 37.4 Å². The Morgan fingerprint density at radius 3 is 2.12 bits per heavy atom. The Morgan fingerprint density at radius 2 is 1.38 bits per heavy atom. The number of para-hydroxylation sites is 1. The van der Waals surface area contributed by atoms with Crippen molar-refractivity contribution in [2.45, 2.75) is 31.6 Å². The van der Waals surface area contributed by atoms with Crippen LogP contribution in [0.15, 0.2) is 151 Å². The average molecular weight is 620 g/mol. The summed E-state index contributed by atoms with van der Waals surface area (Å²) in [7, 11) is 0. The van der Waals surface area contributed by atoms with Crippen molar-refractivity contribution in [1.82, 2.24) is 0 Å². The van der Waals surface area contributed by atoms with Gasteiger partial charge in [-0.15, -0.1) is 0 Å². The summed E-state index contributed by atoms with van der Waals surface area (Å²) < 4.78 is 0. The zero-order valence-corrected chi connectivity index (χ0v) is 26.9. The number of carbonyl (C=O) groups excluding carboxylic acids is 2. The van der Waals surface area contributed by atoms with Crippen LogP contribution in [0.1, 0.15) is 69.2 Å². The second-order valence-corrected chi connectivity index (χ2v) is 13.6. The quantitative estimate of drug-likeness (QED) is 0.146. The number of carbonyl (C=O) groups is 2. The Kier molecular flexibility index (Phi) is 6.29. The summed E-state index contributed by atoms with van der Waals surface area (Å²) in [6, 6.07) is 41.9. The van der Waals surface area contributed by atoms with Crippen LogP contribution < -0.4 is 4.90 Å². The smallest absolute Gasteiger partial charge is 0.197 e. The molecule has 3 heteroatoms. The van der Waals surface area contributed by atoms with Crippen molar-refractivity contribution in [3.63, 3.8) is 0 Å². The van der Waals surface area contributed by atoms with Gasteiger partial charge in [0.25, 0.3) is 0 Å². The molecule has 3 nitrogen and oxygen atoms in total. The summed E-state index contributed by atoms with van der Waals surface area (Å²) in [6.07, 6.45) is 9.43. The highest BCUT2D eigenvalue weighted by atomic mass is 16.2. The third-order valence-electron chi connectivity index (χ3n) is 10.5. The summed E-state index contributed by atoms with van der Waals surface area (Å²) in [5.41, 5.74) is 9.29. The molecule has 1 unspecified atom stereocenters. The Hall–Kier alpha value is -5.80. The van der Waals surface area contributed by atoms with Crippen LogP contribution in [0.25, 0.3) is 27.6 Å². The first-order valence-corrected chi connectivity index (χ1v) is 16.6. The van der Waals surface area contributed by atoms with E-state index in [0.29, 0.717) is 11.1 Å². The van der Waals surface area contributed by atoms with E-state index in [1.807, 2.05) is 42.5 Å². The van der Waals surface area contributed by atoms with Gasteiger partial charge >= 0.3 is 0 Å². The number of fused-ring (bicyclic) bond motifs is 6. The Morgan fingerprint density at radius 1 is 0.688 bits per heavy atom. The molecule has 6 aromatic carbocycles. The molecule has 0 radical (unpaired) electrons. The number of hydrogen-bond donors (Lipinski definition) is 0. The summed E-state index contributed by atoms with van der Waals surface area (Å²) >= 11 is 0. The SMILES string of the molecule is CC1(C)c2ccccc2N(C2=CC=CCC2c2ccccc2)c2ccc3cc(C=C4C(=O)c5cc6ccccc6cc5C4=O)ccc3c21. The lowest BCUT2D eigenvalue weighted by Crippen LogP contribution is -2.34. The maximum atomic E-state index is 13.5. The van der Waals surface area contributed by atoms with E-state index >= 15 is 0 Å². The van der Waals surface area contributed by atoms with Gasteiger partial charge in [-0.3, -0.25) is 9.59 Å². The van der Waals surface area contributed by atoms with E-state index < -0.39 is 0 Å². The van der Waals surface area contributed by atoms with Crippen LogP contribution >= 0.6 is 0 Å². The van der Waals surface area contributed by atoms with Gasteiger partial charge in [0.2, 0.25) is 0 Å². The molecule has 230 valence electrons. The Bertz CT molecular complexity index is 2390. The van der Waals surface area contributed by atoms with Gasteiger partial charge in [0.05, 0.1) is 11.3 Å². The van der Waals surface area contributed by atoms with Crippen LogP contribution in [0.4, 0.5) is 11.4 Å². The fourth-order valence-electron chi connectivity index (χ4n) is 8.16. The van der Waals surface area contributed by atoms with Crippen LogP contribution in [0.3, 0.4) is 0 Å². The predicted octanol–water partition coefficient (Wildman–Crippen LogP) is 10.9. The maximum Gasteiger partial charge on any atom is 0.197 e. The highest BCUT2D eigenvalue weighted by Gasteiger charge is 2.40. The van der Waals surface area contributed by atoms with E-state index in [1.165, 1.54) is 39.1 Å². The highest BCUT2D eigenvalue weighted by molar-refractivity contribution is 6.42. The molecule has 0 N–H and O–H groups in total. The summed E-state index contributed by atoms with van der Waals surface area (Å²) in [5, 5.41) is 4.17. The van der Waals surface area contributed by atoms with Gasteiger partial charge < -0.3 is 4.90 Å². The summed E-state index contributed by atoms with van der Waals surface area (Å²) in [4.78, 5) is 29.5. The van der Waals surface area contributed by atoms with Crippen molar-refractivity contribution >= 4 is 50.6 Å². The lowest BCUT2D eigenvalue weighted by molar-refractivity contribution is 0.0990. The molecule has 9 rings (SSSR count). The first-order valence-electron chi connectivity index (χ1n) is 16.6. The van der Waals surface area contributed by atoms with Crippen molar-refractivity contribution < 1.29 is 9.59 Å². The number of nitrogens with zero attached hydrogens (tertiary/aromatic N) is 1. The molecule has 0 bridgehead atoms. The van der Waals surface area contributed by atoms with Gasteiger partial charge in [-0.2, -0.15) is 0 Å². The average Bonchev–Trinajstić information content (AvgIpc) is 3.34. The number of Topliss-reactive ketones (excluding diaryl/α,β-unsaturated/α-hetero) is 2. The number of ketones is 2. The van der Waals surface area contributed by atoms with Crippen molar-refractivity contribution in [3.8, 4) is 0 Å². The van der Waals surface area contributed by atoms with Gasteiger partial charge in [-0.1, -0.05) is 117 Å². The minimum atomic E-state index is -0.268. The highest BCUT2D eigenvalue weighted by Crippen LogP contribution is 2.54. The fraction of sp³-hybridized carbons (Fsp3) is 0.111. The first kappa shape index (κ1) is 28.4. The molecule has 0 fully saturated rings. The van der Waals surface area contributed by atoms with E-state index in [4.69, 9.17) is 0 Å². The molecule has 0 amide bonds. The van der Waals surface area contributed by atoms with Crippen LogP contribution in [-0.2, 0) is 5.41 Å². The minimum Gasteiger partial charge on any atom is -0.313 e. The molecule has 1 heterocycles. The summed E-state index contributed by atoms with van der Waals surface area (Å²) in [5.74, 6) is -0.184. The van der Waals surface area contributed by atoms with Crippen LogP contribution in [0.5, 0.6) is 0 Å². The molecule has 0 saturated carbocycles. The Labute approximate surface area is 280 Å². The maximum absolute atomic E-state index is 13.5. The summed E-state index contributed by atoms with van der Waals surface area (Å²) in [6.45, 7) is 4.64. The van der Waals surface area contributed by atoms with Gasteiger partial charge in [0, 0.05) is 33.8 Å². The molecule has 0 aromatic heterocycles. The normalized spacial score (nSPS) is 17.7. The number of rotatable bonds is 3.